The van der Waals surface area contributed by atoms with Crippen molar-refractivity contribution in [3.8, 4) is 0 Å². The van der Waals surface area contributed by atoms with E-state index in [0.717, 1.165) is 5.69 Å². The van der Waals surface area contributed by atoms with Gasteiger partial charge in [0.25, 0.3) is 5.91 Å². The molecule has 3 rings (SSSR count). The summed E-state index contributed by atoms with van der Waals surface area (Å²) in [6.07, 6.45) is 1.67. The fourth-order valence-corrected chi connectivity index (χ4v) is 2.42. The summed E-state index contributed by atoms with van der Waals surface area (Å²) in [5.74, 6) is -0.268. The maximum atomic E-state index is 12.9. The quantitative estimate of drug-likeness (QED) is 0.714. The second-order valence-electron chi connectivity index (χ2n) is 5.67. The molecule has 0 fully saturated rings. The molecule has 5 heteroatoms. The molecule has 0 bridgehead atoms. The van der Waals surface area contributed by atoms with Gasteiger partial charge in [0.2, 0.25) is 0 Å². The van der Waals surface area contributed by atoms with E-state index in [-0.39, 0.29) is 17.8 Å². The number of amides is 1. The van der Waals surface area contributed by atoms with E-state index >= 15 is 0 Å². The minimum absolute atomic E-state index is 0.141. The third kappa shape index (κ3) is 4.41. The van der Waals surface area contributed by atoms with Crippen LogP contribution in [0.5, 0.6) is 0 Å². The number of nitrogens with one attached hydrogen (secondary N) is 2. The van der Waals surface area contributed by atoms with E-state index in [1.165, 1.54) is 29.8 Å². The smallest absolute Gasteiger partial charge is 0.256 e. The van der Waals surface area contributed by atoms with Crippen LogP contribution in [0.2, 0.25) is 0 Å². The lowest BCUT2D eigenvalue weighted by atomic mass is 10.1. The number of rotatable bonds is 5. The van der Waals surface area contributed by atoms with E-state index in [0.29, 0.717) is 11.4 Å². The fraction of sp³-hybridized carbons (Fsp3) is 0.100. The van der Waals surface area contributed by atoms with Gasteiger partial charge in [-0.1, -0.05) is 30.3 Å². The Hall–Kier alpha value is -3.21. The molecule has 0 aliphatic carbocycles. The van der Waals surface area contributed by atoms with Gasteiger partial charge in [0.05, 0.1) is 11.9 Å². The summed E-state index contributed by atoms with van der Waals surface area (Å²) in [6, 6.07) is 19.2. The number of hydrogen-bond donors (Lipinski definition) is 2. The van der Waals surface area contributed by atoms with Crippen LogP contribution in [-0.2, 0) is 0 Å². The first-order chi connectivity index (χ1) is 12.1. The van der Waals surface area contributed by atoms with Gasteiger partial charge >= 0.3 is 0 Å². The molecule has 2 aromatic carbocycles. The van der Waals surface area contributed by atoms with Crippen LogP contribution >= 0.6 is 0 Å². The second kappa shape index (κ2) is 7.57. The van der Waals surface area contributed by atoms with Gasteiger partial charge in [-0.3, -0.25) is 4.79 Å². The van der Waals surface area contributed by atoms with Gasteiger partial charge in [0.1, 0.15) is 11.6 Å². The predicted octanol–water partition coefficient (Wildman–Crippen LogP) is 4.65. The summed E-state index contributed by atoms with van der Waals surface area (Å²) in [5.41, 5.74) is 2.41. The van der Waals surface area contributed by atoms with Crippen LogP contribution in [0, 0.1) is 5.82 Å². The topological polar surface area (TPSA) is 54.0 Å². The van der Waals surface area contributed by atoms with Crippen molar-refractivity contribution in [3.05, 3.63) is 89.9 Å². The van der Waals surface area contributed by atoms with Crippen molar-refractivity contribution in [3.63, 3.8) is 0 Å². The number of halogens is 1. The zero-order valence-corrected chi connectivity index (χ0v) is 13.7. The highest BCUT2D eigenvalue weighted by Crippen LogP contribution is 2.19. The molecule has 0 aliphatic rings. The first kappa shape index (κ1) is 16.6. The molecule has 0 radical (unpaired) electrons. The number of carbonyl (C=O) groups excluding carboxylic acids is 1. The average molecular weight is 335 g/mol. The summed E-state index contributed by atoms with van der Waals surface area (Å²) in [4.78, 5) is 16.3. The third-order valence-electron chi connectivity index (χ3n) is 3.79. The molecular weight excluding hydrogens is 317 g/mol. The number of pyridine rings is 1. The van der Waals surface area contributed by atoms with Gasteiger partial charge in [0.15, 0.2) is 0 Å². The number of aromatic nitrogens is 1. The van der Waals surface area contributed by atoms with Crippen molar-refractivity contribution in [2.45, 2.75) is 13.0 Å². The normalized spacial score (nSPS) is 11.6. The molecule has 126 valence electrons. The molecule has 1 amide bonds. The minimum atomic E-state index is -0.377. The lowest BCUT2D eigenvalue weighted by Gasteiger charge is -2.15. The SMILES string of the molecule is CC(Nc1ccc(NC(=O)c2ccc(F)cc2)nc1)c1ccccc1. The Morgan fingerprint density at radius 1 is 1.00 bits per heavy atom. The maximum Gasteiger partial charge on any atom is 0.256 e. The van der Waals surface area contributed by atoms with Crippen LogP contribution in [0.25, 0.3) is 0 Å². The Morgan fingerprint density at radius 3 is 2.36 bits per heavy atom. The van der Waals surface area contributed by atoms with Crippen LogP contribution in [0.1, 0.15) is 28.9 Å². The lowest BCUT2D eigenvalue weighted by molar-refractivity contribution is 0.102. The zero-order chi connectivity index (χ0) is 17.6. The molecule has 2 N–H and O–H groups in total. The summed E-state index contributed by atoms with van der Waals surface area (Å²) >= 11 is 0. The van der Waals surface area contributed by atoms with Gasteiger partial charge in [-0.2, -0.15) is 0 Å². The van der Waals surface area contributed by atoms with Crippen LogP contribution in [-0.4, -0.2) is 10.9 Å². The molecule has 1 aromatic heterocycles. The van der Waals surface area contributed by atoms with Gasteiger partial charge < -0.3 is 10.6 Å². The lowest BCUT2D eigenvalue weighted by Crippen LogP contribution is -2.13. The molecule has 0 aliphatic heterocycles. The molecule has 1 heterocycles. The van der Waals surface area contributed by atoms with Gasteiger partial charge in [0, 0.05) is 11.6 Å². The summed E-state index contributed by atoms with van der Waals surface area (Å²) in [5, 5.41) is 6.05. The van der Waals surface area contributed by atoms with Crippen LogP contribution < -0.4 is 10.6 Å². The molecule has 0 saturated carbocycles. The van der Waals surface area contributed by atoms with E-state index in [9.17, 15) is 9.18 Å². The van der Waals surface area contributed by atoms with E-state index in [2.05, 4.69) is 34.7 Å². The molecule has 4 nitrogen and oxygen atoms in total. The van der Waals surface area contributed by atoms with Crippen molar-refractivity contribution in [1.82, 2.24) is 4.98 Å². The highest BCUT2D eigenvalue weighted by molar-refractivity contribution is 6.03. The van der Waals surface area contributed by atoms with E-state index in [1.54, 1.807) is 12.3 Å². The molecule has 0 saturated heterocycles. The minimum Gasteiger partial charge on any atom is -0.377 e. The molecular formula is C20H18FN3O. The van der Waals surface area contributed by atoms with Crippen molar-refractivity contribution >= 4 is 17.4 Å². The van der Waals surface area contributed by atoms with Crippen molar-refractivity contribution in [2.75, 3.05) is 10.6 Å². The summed E-state index contributed by atoms with van der Waals surface area (Å²) in [7, 11) is 0. The fourth-order valence-electron chi connectivity index (χ4n) is 2.42. The van der Waals surface area contributed by atoms with Gasteiger partial charge in [-0.05, 0) is 48.9 Å². The van der Waals surface area contributed by atoms with Crippen molar-refractivity contribution in [1.29, 1.82) is 0 Å². The molecule has 0 spiro atoms. The van der Waals surface area contributed by atoms with E-state index in [4.69, 9.17) is 0 Å². The number of hydrogen-bond acceptors (Lipinski definition) is 3. The van der Waals surface area contributed by atoms with Crippen LogP contribution in [0.3, 0.4) is 0 Å². The molecule has 1 atom stereocenters. The first-order valence-electron chi connectivity index (χ1n) is 7.96. The molecule has 1 unspecified atom stereocenters. The van der Waals surface area contributed by atoms with E-state index < -0.39 is 0 Å². The van der Waals surface area contributed by atoms with E-state index in [1.807, 2.05) is 24.3 Å². The van der Waals surface area contributed by atoms with Crippen molar-refractivity contribution in [2.24, 2.45) is 0 Å². The molecule has 25 heavy (non-hydrogen) atoms. The Bertz CT molecular complexity index is 833. The summed E-state index contributed by atoms with van der Waals surface area (Å²) in [6.45, 7) is 2.07. The number of anilines is 2. The highest BCUT2D eigenvalue weighted by Gasteiger charge is 2.08. The van der Waals surface area contributed by atoms with Crippen LogP contribution in [0.15, 0.2) is 72.9 Å². The largest absolute Gasteiger partial charge is 0.377 e. The Balaban J connectivity index is 1.62. The van der Waals surface area contributed by atoms with Gasteiger partial charge in [-0.15, -0.1) is 0 Å². The van der Waals surface area contributed by atoms with Crippen molar-refractivity contribution < 1.29 is 9.18 Å². The highest BCUT2D eigenvalue weighted by atomic mass is 19.1. The van der Waals surface area contributed by atoms with Crippen LogP contribution in [0.4, 0.5) is 15.9 Å². The number of nitrogens with zero attached hydrogens (tertiary/aromatic N) is 1. The summed E-state index contributed by atoms with van der Waals surface area (Å²) < 4.78 is 12.9. The predicted molar refractivity (Wildman–Crippen MR) is 97.1 cm³/mol. The third-order valence-corrected chi connectivity index (χ3v) is 3.79. The van der Waals surface area contributed by atoms with Gasteiger partial charge in [-0.25, -0.2) is 9.37 Å². The first-order valence-corrected chi connectivity index (χ1v) is 7.96. The maximum absolute atomic E-state index is 12.9. The average Bonchev–Trinajstić information content (AvgIpc) is 2.64. The number of benzene rings is 2. The zero-order valence-electron chi connectivity index (χ0n) is 13.7. The monoisotopic (exact) mass is 335 g/mol. The Kier molecular flexibility index (Phi) is 5.04. The number of carbonyl (C=O) groups is 1. The molecule has 3 aromatic rings. The Morgan fingerprint density at radius 2 is 1.72 bits per heavy atom. The standard InChI is InChI=1S/C20H18FN3O/c1-14(15-5-3-2-4-6-15)23-18-11-12-19(22-13-18)24-20(25)16-7-9-17(21)10-8-16/h2-14,23H,1H3,(H,22,24,25). The Labute approximate surface area is 145 Å². The second-order valence-corrected chi connectivity index (χ2v) is 5.67.